The summed E-state index contributed by atoms with van der Waals surface area (Å²) in [5, 5.41) is 7.66. The van der Waals surface area contributed by atoms with E-state index in [0.717, 1.165) is 64.0 Å². The molecule has 0 spiro atoms. The van der Waals surface area contributed by atoms with Crippen LogP contribution in [0.5, 0.6) is 0 Å². The molecule has 0 aliphatic carbocycles. The van der Waals surface area contributed by atoms with E-state index in [0.29, 0.717) is 13.1 Å². The van der Waals surface area contributed by atoms with Crippen molar-refractivity contribution >= 4 is 11.8 Å². The molecule has 2 aliphatic rings. The van der Waals surface area contributed by atoms with Crippen molar-refractivity contribution in [2.45, 2.75) is 71.6 Å². The van der Waals surface area contributed by atoms with E-state index in [4.69, 9.17) is 0 Å². The first-order valence-corrected chi connectivity index (χ1v) is 9.91. The fourth-order valence-corrected chi connectivity index (χ4v) is 4.06. The molecule has 1 unspecified atom stereocenters. The van der Waals surface area contributed by atoms with Crippen LogP contribution in [-0.4, -0.2) is 57.1 Å². The van der Waals surface area contributed by atoms with E-state index in [1.54, 1.807) is 11.8 Å². The molecular weight excluding hydrogens is 330 g/mol. The third-order valence-electron chi connectivity index (χ3n) is 5.34. The average molecular weight is 361 g/mol. The number of carbonyl (C=O) groups excluding carboxylic acids is 2. The molecule has 1 atom stereocenters. The number of amides is 2. The van der Waals surface area contributed by atoms with Gasteiger partial charge in [0.2, 0.25) is 11.8 Å². The molecule has 0 aromatic carbocycles. The van der Waals surface area contributed by atoms with Crippen molar-refractivity contribution in [3.63, 3.8) is 0 Å². The second-order valence-electron chi connectivity index (χ2n) is 7.42. The molecule has 1 N–H and O–H groups in total. The molecule has 0 radical (unpaired) electrons. The third kappa shape index (κ3) is 4.44. The smallest absolute Gasteiger partial charge is 0.243 e. The second-order valence-corrected chi connectivity index (χ2v) is 7.42. The minimum atomic E-state index is -0.332. The SMILES string of the molecule is CCCN1CCCn2nc(CNC(=O)C3CCCCN3C(C)=O)cc2C1. The Labute approximate surface area is 155 Å². The van der Waals surface area contributed by atoms with Gasteiger partial charge in [0.05, 0.1) is 17.9 Å². The van der Waals surface area contributed by atoms with Gasteiger partial charge in [-0.2, -0.15) is 5.10 Å². The number of piperidine rings is 1. The Hall–Kier alpha value is -1.89. The van der Waals surface area contributed by atoms with Gasteiger partial charge in [0, 0.05) is 33.1 Å². The Balaban J connectivity index is 1.59. The summed E-state index contributed by atoms with van der Waals surface area (Å²) in [5.74, 6) is -0.0784. The van der Waals surface area contributed by atoms with E-state index in [9.17, 15) is 9.59 Å². The first kappa shape index (κ1) is 18.9. The van der Waals surface area contributed by atoms with Gasteiger partial charge in [-0.3, -0.25) is 19.2 Å². The van der Waals surface area contributed by atoms with E-state index in [1.807, 2.05) is 0 Å². The Kier molecular flexibility index (Phi) is 6.29. The topological polar surface area (TPSA) is 70.5 Å². The van der Waals surface area contributed by atoms with Crippen molar-refractivity contribution in [2.75, 3.05) is 19.6 Å². The van der Waals surface area contributed by atoms with Gasteiger partial charge in [-0.1, -0.05) is 6.92 Å². The zero-order valence-electron chi connectivity index (χ0n) is 16.0. The zero-order chi connectivity index (χ0) is 18.5. The lowest BCUT2D eigenvalue weighted by Gasteiger charge is -2.33. The molecule has 7 heteroatoms. The number of rotatable bonds is 5. The Morgan fingerprint density at radius 3 is 2.85 bits per heavy atom. The highest BCUT2D eigenvalue weighted by atomic mass is 16.2. The lowest BCUT2D eigenvalue weighted by Crippen LogP contribution is -2.51. The molecule has 3 heterocycles. The summed E-state index contributed by atoms with van der Waals surface area (Å²) in [6.07, 6.45) is 4.98. The normalized spacial score (nSPS) is 21.2. The van der Waals surface area contributed by atoms with Gasteiger partial charge in [0.1, 0.15) is 6.04 Å². The van der Waals surface area contributed by atoms with Gasteiger partial charge < -0.3 is 10.2 Å². The van der Waals surface area contributed by atoms with Crippen molar-refractivity contribution in [3.05, 3.63) is 17.5 Å². The number of fused-ring (bicyclic) bond motifs is 1. The highest BCUT2D eigenvalue weighted by Gasteiger charge is 2.30. The quantitative estimate of drug-likeness (QED) is 0.863. The first-order valence-electron chi connectivity index (χ1n) is 9.91. The minimum Gasteiger partial charge on any atom is -0.349 e. The number of carbonyl (C=O) groups is 2. The molecule has 0 bridgehead atoms. The van der Waals surface area contributed by atoms with Crippen LogP contribution in [0.1, 0.15) is 57.3 Å². The number of aromatic nitrogens is 2. The van der Waals surface area contributed by atoms with Gasteiger partial charge in [-0.05, 0) is 44.7 Å². The highest BCUT2D eigenvalue weighted by Crippen LogP contribution is 2.18. The van der Waals surface area contributed by atoms with Gasteiger partial charge in [0.15, 0.2) is 0 Å². The van der Waals surface area contributed by atoms with Gasteiger partial charge in [-0.15, -0.1) is 0 Å². The van der Waals surface area contributed by atoms with Crippen LogP contribution in [0.4, 0.5) is 0 Å². The summed E-state index contributed by atoms with van der Waals surface area (Å²) in [4.78, 5) is 28.5. The maximum absolute atomic E-state index is 12.6. The number of likely N-dealkylation sites (tertiary alicyclic amines) is 1. The zero-order valence-corrected chi connectivity index (χ0v) is 16.0. The minimum absolute atomic E-state index is 0.0189. The molecule has 1 saturated heterocycles. The number of aryl methyl sites for hydroxylation is 1. The molecule has 26 heavy (non-hydrogen) atoms. The summed E-state index contributed by atoms with van der Waals surface area (Å²) in [6.45, 7) is 8.94. The lowest BCUT2D eigenvalue weighted by molar-refractivity contribution is -0.140. The van der Waals surface area contributed by atoms with Crippen molar-refractivity contribution in [2.24, 2.45) is 0 Å². The largest absolute Gasteiger partial charge is 0.349 e. The molecule has 1 aromatic heterocycles. The lowest BCUT2D eigenvalue weighted by atomic mass is 10.0. The molecule has 144 valence electrons. The van der Waals surface area contributed by atoms with Crippen LogP contribution in [0.2, 0.25) is 0 Å². The maximum Gasteiger partial charge on any atom is 0.243 e. The fourth-order valence-electron chi connectivity index (χ4n) is 4.06. The predicted octanol–water partition coefficient (Wildman–Crippen LogP) is 1.52. The van der Waals surface area contributed by atoms with E-state index < -0.39 is 0 Å². The van der Waals surface area contributed by atoms with E-state index in [1.165, 1.54) is 5.69 Å². The van der Waals surface area contributed by atoms with Crippen LogP contribution in [-0.2, 0) is 29.2 Å². The van der Waals surface area contributed by atoms with Crippen LogP contribution >= 0.6 is 0 Å². The maximum atomic E-state index is 12.6. The van der Waals surface area contributed by atoms with Crippen molar-refractivity contribution < 1.29 is 9.59 Å². The number of hydrogen-bond acceptors (Lipinski definition) is 4. The molecule has 2 aliphatic heterocycles. The third-order valence-corrected chi connectivity index (χ3v) is 5.34. The average Bonchev–Trinajstić information content (AvgIpc) is 2.91. The molecule has 3 rings (SSSR count). The van der Waals surface area contributed by atoms with Crippen LogP contribution in [0.15, 0.2) is 6.07 Å². The van der Waals surface area contributed by atoms with E-state index in [-0.39, 0.29) is 17.9 Å². The molecule has 7 nitrogen and oxygen atoms in total. The van der Waals surface area contributed by atoms with Crippen molar-refractivity contribution in [3.8, 4) is 0 Å². The van der Waals surface area contributed by atoms with E-state index >= 15 is 0 Å². The molecule has 0 saturated carbocycles. The Morgan fingerprint density at radius 2 is 2.08 bits per heavy atom. The molecule has 1 aromatic rings. The summed E-state index contributed by atoms with van der Waals surface area (Å²) >= 11 is 0. The number of hydrogen-bond donors (Lipinski definition) is 1. The van der Waals surface area contributed by atoms with Crippen LogP contribution in [0, 0.1) is 0 Å². The Bertz CT molecular complexity index is 642. The van der Waals surface area contributed by atoms with Crippen LogP contribution < -0.4 is 5.32 Å². The van der Waals surface area contributed by atoms with Crippen LogP contribution in [0.3, 0.4) is 0 Å². The highest BCUT2D eigenvalue weighted by molar-refractivity contribution is 5.87. The van der Waals surface area contributed by atoms with Gasteiger partial charge in [-0.25, -0.2) is 0 Å². The van der Waals surface area contributed by atoms with Crippen molar-refractivity contribution in [1.29, 1.82) is 0 Å². The monoisotopic (exact) mass is 361 g/mol. The van der Waals surface area contributed by atoms with Gasteiger partial charge in [0.25, 0.3) is 0 Å². The molecule has 1 fully saturated rings. The fraction of sp³-hybridized carbons (Fsp3) is 0.737. The van der Waals surface area contributed by atoms with Gasteiger partial charge >= 0.3 is 0 Å². The Morgan fingerprint density at radius 1 is 1.23 bits per heavy atom. The van der Waals surface area contributed by atoms with Crippen LogP contribution in [0.25, 0.3) is 0 Å². The first-order chi connectivity index (χ1) is 12.6. The summed E-state index contributed by atoms with van der Waals surface area (Å²) in [6, 6.07) is 1.78. The standard InChI is InChI=1S/C19H31N5O2/c1-3-8-22-9-6-11-24-17(14-22)12-16(21-24)13-20-19(26)18-7-4-5-10-23(18)15(2)25/h12,18H,3-11,13-14H2,1-2H3,(H,20,26). The van der Waals surface area contributed by atoms with Crippen molar-refractivity contribution in [1.82, 2.24) is 24.9 Å². The summed E-state index contributed by atoms with van der Waals surface area (Å²) in [5.41, 5.74) is 2.13. The summed E-state index contributed by atoms with van der Waals surface area (Å²) in [7, 11) is 0. The molecular formula is C19H31N5O2. The second kappa shape index (κ2) is 8.66. The summed E-state index contributed by atoms with van der Waals surface area (Å²) < 4.78 is 2.08. The van der Waals surface area contributed by atoms with E-state index in [2.05, 4.69) is 33.0 Å². The number of nitrogens with zero attached hydrogens (tertiary/aromatic N) is 4. The number of nitrogens with one attached hydrogen (secondary N) is 1. The molecule has 2 amide bonds. The predicted molar refractivity (Wildman–Crippen MR) is 99.3 cm³/mol.